The summed E-state index contributed by atoms with van der Waals surface area (Å²) in [6.45, 7) is 0. The molecule has 0 spiro atoms. The Labute approximate surface area is 175 Å². The molecule has 3 aromatic rings. The number of rotatable bonds is 6. The molecule has 6 nitrogen and oxygen atoms in total. The first kappa shape index (κ1) is 20.1. The number of methoxy groups -OCH3 is 1. The van der Waals surface area contributed by atoms with E-state index in [9.17, 15) is 9.59 Å². The van der Waals surface area contributed by atoms with Crippen LogP contribution < -0.4 is 5.32 Å². The molecule has 0 fully saturated rings. The minimum Gasteiger partial charge on any atom is -0.469 e. The highest BCUT2D eigenvalue weighted by atomic mass is 79.9. The van der Waals surface area contributed by atoms with Crippen LogP contribution in [0, 0.1) is 0 Å². The Kier molecular flexibility index (Phi) is 6.49. The molecule has 8 heteroatoms. The summed E-state index contributed by atoms with van der Waals surface area (Å²) in [6, 6.07) is 15.6. The first-order valence-corrected chi connectivity index (χ1v) is 9.58. The Bertz CT molecular complexity index is 1010. The van der Waals surface area contributed by atoms with Gasteiger partial charge in [0.1, 0.15) is 0 Å². The second kappa shape index (κ2) is 9.03. The van der Waals surface area contributed by atoms with Crippen LogP contribution >= 0.6 is 27.5 Å². The lowest BCUT2D eigenvalue weighted by atomic mass is 10.0. The summed E-state index contributed by atoms with van der Waals surface area (Å²) >= 11 is 9.59. The summed E-state index contributed by atoms with van der Waals surface area (Å²) in [5, 5.41) is 7.68. The first-order chi connectivity index (χ1) is 13.5. The zero-order chi connectivity index (χ0) is 20.1. The van der Waals surface area contributed by atoms with Crippen molar-refractivity contribution >= 4 is 39.4 Å². The molecule has 1 amide bonds. The molecule has 0 saturated heterocycles. The fourth-order valence-corrected chi connectivity index (χ4v) is 3.31. The molecule has 1 aromatic heterocycles. The van der Waals surface area contributed by atoms with E-state index in [1.54, 1.807) is 24.4 Å². The SMILES string of the molecule is COC(=O)C[C@@H](NC(=O)c1ccn(-c2ccccc2Cl)n1)c1cccc(Br)c1. The molecule has 0 aliphatic heterocycles. The molecule has 0 aliphatic rings. The van der Waals surface area contributed by atoms with Gasteiger partial charge in [-0.05, 0) is 35.9 Å². The van der Waals surface area contributed by atoms with Crippen molar-refractivity contribution in [2.24, 2.45) is 0 Å². The van der Waals surface area contributed by atoms with E-state index in [-0.39, 0.29) is 12.1 Å². The third-order valence-corrected chi connectivity index (χ3v) is 4.89. The van der Waals surface area contributed by atoms with Gasteiger partial charge in [0, 0.05) is 10.7 Å². The summed E-state index contributed by atoms with van der Waals surface area (Å²) in [6.07, 6.45) is 1.66. The summed E-state index contributed by atoms with van der Waals surface area (Å²) in [5.41, 5.74) is 1.66. The number of ether oxygens (including phenoxy) is 1. The van der Waals surface area contributed by atoms with Crippen molar-refractivity contribution in [1.82, 2.24) is 15.1 Å². The van der Waals surface area contributed by atoms with Crippen LogP contribution in [0.4, 0.5) is 0 Å². The van der Waals surface area contributed by atoms with Gasteiger partial charge in [-0.25, -0.2) is 4.68 Å². The number of esters is 1. The summed E-state index contributed by atoms with van der Waals surface area (Å²) < 4.78 is 7.14. The maximum atomic E-state index is 12.7. The van der Waals surface area contributed by atoms with Gasteiger partial charge in [-0.1, -0.05) is 51.8 Å². The van der Waals surface area contributed by atoms with Gasteiger partial charge in [0.2, 0.25) is 0 Å². The summed E-state index contributed by atoms with van der Waals surface area (Å²) in [4.78, 5) is 24.5. The van der Waals surface area contributed by atoms with Crippen LogP contribution in [0.2, 0.25) is 5.02 Å². The van der Waals surface area contributed by atoms with Crippen molar-refractivity contribution in [1.29, 1.82) is 0 Å². The average Bonchev–Trinajstić information content (AvgIpc) is 3.17. The van der Waals surface area contributed by atoms with Gasteiger partial charge in [-0.3, -0.25) is 9.59 Å². The molecule has 144 valence electrons. The number of aromatic nitrogens is 2. The molecule has 0 radical (unpaired) electrons. The minimum atomic E-state index is -0.553. The van der Waals surface area contributed by atoms with Gasteiger partial charge in [-0.15, -0.1) is 0 Å². The van der Waals surface area contributed by atoms with Crippen LogP contribution in [0.25, 0.3) is 5.69 Å². The molecule has 1 atom stereocenters. The number of hydrogen-bond donors (Lipinski definition) is 1. The standard InChI is InChI=1S/C20H17BrClN3O3/c1-28-19(26)12-17(13-5-4-6-14(21)11-13)23-20(27)16-9-10-25(24-16)18-8-3-2-7-15(18)22/h2-11,17H,12H2,1H3,(H,23,27)/t17-/m1/s1. The maximum Gasteiger partial charge on any atom is 0.307 e. The number of para-hydroxylation sites is 1. The lowest BCUT2D eigenvalue weighted by Gasteiger charge is -2.18. The normalized spacial score (nSPS) is 11.7. The van der Waals surface area contributed by atoms with E-state index in [2.05, 4.69) is 26.3 Å². The topological polar surface area (TPSA) is 73.2 Å². The second-order valence-electron chi connectivity index (χ2n) is 5.96. The summed E-state index contributed by atoms with van der Waals surface area (Å²) in [7, 11) is 1.31. The third kappa shape index (κ3) is 4.79. The van der Waals surface area contributed by atoms with Gasteiger partial charge < -0.3 is 10.1 Å². The third-order valence-electron chi connectivity index (χ3n) is 4.08. The van der Waals surface area contributed by atoms with Gasteiger partial charge in [0.15, 0.2) is 5.69 Å². The maximum absolute atomic E-state index is 12.7. The first-order valence-electron chi connectivity index (χ1n) is 8.41. The lowest BCUT2D eigenvalue weighted by Crippen LogP contribution is -2.31. The van der Waals surface area contributed by atoms with Crippen LogP contribution in [-0.4, -0.2) is 28.8 Å². The summed E-state index contributed by atoms with van der Waals surface area (Å²) in [5.74, 6) is -0.827. The van der Waals surface area contributed by atoms with Crippen LogP contribution in [0.15, 0.2) is 65.3 Å². The Morgan fingerprint density at radius 2 is 2.00 bits per heavy atom. The average molecular weight is 463 g/mol. The molecular weight excluding hydrogens is 446 g/mol. The quantitative estimate of drug-likeness (QED) is 0.554. The highest BCUT2D eigenvalue weighted by molar-refractivity contribution is 9.10. The highest BCUT2D eigenvalue weighted by Crippen LogP contribution is 2.23. The number of amides is 1. The predicted octanol–water partition coefficient (Wildman–Crippen LogP) is 4.32. The van der Waals surface area contributed by atoms with Gasteiger partial charge >= 0.3 is 5.97 Å². The molecule has 2 aromatic carbocycles. The van der Waals surface area contributed by atoms with E-state index in [1.807, 2.05) is 36.4 Å². The van der Waals surface area contributed by atoms with E-state index < -0.39 is 17.9 Å². The van der Waals surface area contributed by atoms with Crippen molar-refractivity contribution in [2.45, 2.75) is 12.5 Å². The Morgan fingerprint density at radius 3 is 2.71 bits per heavy atom. The molecule has 1 heterocycles. The number of carbonyl (C=O) groups is 2. The number of nitrogens with one attached hydrogen (secondary N) is 1. The number of nitrogens with zero attached hydrogens (tertiary/aromatic N) is 2. The lowest BCUT2D eigenvalue weighted by molar-refractivity contribution is -0.141. The van der Waals surface area contributed by atoms with E-state index in [1.165, 1.54) is 11.8 Å². The molecule has 0 bridgehead atoms. The van der Waals surface area contributed by atoms with Crippen molar-refractivity contribution in [3.63, 3.8) is 0 Å². The van der Waals surface area contributed by atoms with Crippen LogP contribution in [0.5, 0.6) is 0 Å². The second-order valence-corrected chi connectivity index (χ2v) is 7.28. The predicted molar refractivity (Wildman–Crippen MR) is 110 cm³/mol. The van der Waals surface area contributed by atoms with E-state index >= 15 is 0 Å². The number of halogens is 2. The minimum absolute atomic E-state index is 0.00388. The van der Waals surface area contributed by atoms with Crippen molar-refractivity contribution in [3.05, 3.63) is 81.5 Å². The Balaban J connectivity index is 1.82. The van der Waals surface area contributed by atoms with Crippen molar-refractivity contribution in [2.75, 3.05) is 7.11 Å². The van der Waals surface area contributed by atoms with Crippen LogP contribution in [0.3, 0.4) is 0 Å². The van der Waals surface area contributed by atoms with Gasteiger partial charge in [0.25, 0.3) is 5.91 Å². The number of hydrogen-bond acceptors (Lipinski definition) is 4. The monoisotopic (exact) mass is 461 g/mol. The molecule has 0 aliphatic carbocycles. The van der Waals surface area contributed by atoms with Crippen LogP contribution in [-0.2, 0) is 9.53 Å². The highest BCUT2D eigenvalue weighted by Gasteiger charge is 2.21. The largest absolute Gasteiger partial charge is 0.469 e. The number of carbonyl (C=O) groups excluding carboxylic acids is 2. The Hall–Kier alpha value is -2.64. The molecule has 1 N–H and O–H groups in total. The van der Waals surface area contributed by atoms with E-state index in [0.717, 1.165) is 10.0 Å². The van der Waals surface area contributed by atoms with E-state index in [0.29, 0.717) is 10.7 Å². The van der Waals surface area contributed by atoms with E-state index in [4.69, 9.17) is 16.3 Å². The number of benzene rings is 2. The fourth-order valence-electron chi connectivity index (χ4n) is 2.67. The van der Waals surface area contributed by atoms with Crippen molar-refractivity contribution < 1.29 is 14.3 Å². The van der Waals surface area contributed by atoms with Gasteiger partial charge in [0.05, 0.1) is 30.3 Å². The zero-order valence-electron chi connectivity index (χ0n) is 14.9. The molecule has 3 rings (SSSR count). The zero-order valence-corrected chi connectivity index (χ0v) is 17.3. The molecule has 0 unspecified atom stereocenters. The van der Waals surface area contributed by atoms with Gasteiger partial charge in [-0.2, -0.15) is 5.10 Å². The Morgan fingerprint density at radius 1 is 1.21 bits per heavy atom. The molecule has 28 heavy (non-hydrogen) atoms. The molecular formula is C20H17BrClN3O3. The fraction of sp³-hybridized carbons (Fsp3) is 0.150. The smallest absolute Gasteiger partial charge is 0.307 e. The molecule has 0 saturated carbocycles. The van der Waals surface area contributed by atoms with Crippen LogP contribution in [0.1, 0.15) is 28.5 Å². The van der Waals surface area contributed by atoms with Crippen molar-refractivity contribution in [3.8, 4) is 5.69 Å².